The summed E-state index contributed by atoms with van der Waals surface area (Å²) in [4.78, 5) is 0. The summed E-state index contributed by atoms with van der Waals surface area (Å²) < 4.78 is 0. The van der Waals surface area contributed by atoms with Crippen LogP contribution in [0.4, 0.5) is 0 Å². The molecule has 2 N–H and O–H groups in total. The number of rotatable bonds is 1. The summed E-state index contributed by atoms with van der Waals surface area (Å²) in [5, 5.41) is 0. The molecule has 0 amide bonds. The van der Waals surface area contributed by atoms with Crippen molar-refractivity contribution in [3.8, 4) is 0 Å². The second-order valence-corrected chi connectivity index (χ2v) is 4.91. The van der Waals surface area contributed by atoms with Crippen LogP contribution in [0, 0.1) is 13.8 Å². The van der Waals surface area contributed by atoms with E-state index in [9.17, 15) is 0 Å². The second kappa shape index (κ2) is 4.36. The Bertz CT molecular complexity index is 343. The van der Waals surface area contributed by atoms with E-state index in [1.165, 1.54) is 42.4 Å². The van der Waals surface area contributed by atoms with E-state index in [-0.39, 0.29) is 0 Å². The van der Waals surface area contributed by atoms with Crippen molar-refractivity contribution in [3.63, 3.8) is 0 Å². The normalized spacial score (nSPS) is 26.6. The number of aryl methyl sites for hydroxylation is 2. The molecule has 2 rings (SSSR count). The molecular formula is C14H21N. The van der Waals surface area contributed by atoms with Crippen LogP contribution < -0.4 is 5.73 Å². The highest BCUT2D eigenvalue weighted by molar-refractivity contribution is 5.34. The van der Waals surface area contributed by atoms with Crippen LogP contribution >= 0.6 is 0 Å². The van der Waals surface area contributed by atoms with Crippen LogP contribution in [0.25, 0.3) is 0 Å². The number of nitrogens with two attached hydrogens (primary N) is 1. The van der Waals surface area contributed by atoms with E-state index >= 15 is 0 Å². The van der Waals surface area contributed by atoms with Gasteiger partial charge >= 0.3 is 0 Å². The standard InChI is InChI=1S/C14H21N/c1-10-7-8-11(2)13(9-10)12-5-3-4-6-14(12)15/h7-9,12,14H,3-6,15H2,1-2H3. The van der Waals surface area contributed by atoms with Gasteiger partial charge in [0.1, 0.15) is 0 Å². The minimum Gasteiger partial charge on any atom is -0.327 e. The first-order valence-electron chi connectivity index (χ1n) is 6.01. The van der Waals surface area contributed by atoms with E-state index in [1.54, 1.807) is 0 Å². The maximum atomic E-state index is 6.23. The molecule has 0 spiro atoms. The maximum absolute atomic E-state index is 6.23. The lowest BCUT2D eigenvalue weighted by atomic mass is 9.78. The van der Waals surface area contributed by atoms with Gasteiger partial charge in [-0.15, -0.1) is 0 Å². The Labute approximate surface area is 92.7 Å². The van der Waals surface area contributed by atoms with Crippen LogP contribution in [-0.4, -0.2) is 6.04 Å². The molecule has 0 bridgehead atoms. The van der Waals surface area contributed by atoms with E-state index in [1.807, 2.05) is 0 Å². The summed E-state index contributed by atoms with van der Waals surface area (Å²) in [5.41, 5.74) is 10.5. The maximum Gasteiger partial charge on any atom is 0.0108 e. The van der Waals surface area contributed by atoms with Gasteiger partial charge in [-0.2, -0.15) is 0 Å². The van der Waals surface area contributed by atoms with Crippen LogP contribution in [0.1, 0.15) is 48.3 Å². The molecule has 1 aromatic carbocycles. The van der Waals surface area contributed by atoms with Crippen LogP contribution in [-0.2, 0) is 0 Å². The van der Waals surface area contributed by atoms with Crippen molar-refractivity contribution in [1.29, 1.82) is 0 Å². The molecule has 0 aromatic heterocycles. The largest absolute Gasteiger partial charge is 0.327 e. The SMILES string of the molecule is Cc1ccc(C)c(C2CCCCC2N)c1. The topological polar surface area (TPSA) is 26.0 Å². The van der Waals surface area contributed by atoms with Crippen LogP contribution in [0.15, 0.2) is 18.2 Å². The molecule has 1 heteroatoms. The lowest BCUT2D eigenvalue weighted by Crippen LogP contribution is -2.31. The minimum absolute atomic E-state index is 0.374. The van der Waals surface area contributed by atoms with Gasteiger partial charge in [0, 0.05) is 6.04 Å². The van der Waals surface area contributed by atoms with Gasteiger partial charge in [0.05, 0.1) is 0 Å². The zero-order valence-electron chi connectivity index (χ0n) is 9.79. The van der Waals surface area contributed by atoms with Crippen LogP contribution in [0.5, 0.6) is 0 Å². The number of hydrogen-bond acceptors (Lipinski definition) is 1. The monoisotopic (exact) mass is 203 g/mol. The van der Waals surface area contributed by atoms with Gasteiger partial charge in [-0.1, -0.05) is 36.6 Å². The van der Waals surface area contributed by atoms with Crippen molar-refractivity contribution in [2.75, 3.05) is 0 Å². The number of benzene rings is 1. The second-order valence-electron chi connectivity index (χ2n) is 4.91. The average molecular weight is 203 g/mol. The lowest BCUT2D eigenvalue weighted by Gasteiger charge is -2.30. The molecule has 1 aliphatic rings. The fourth-order valence-corrected chi connectivity index (χ4v) is 2.71. The van der Waals surface area contributed by atoms with Gasteiger partial charge in [0.15, 0.2) is 0 Å². The highest BCUT2D eigenvalue weighted by atomic mass is 14.7. The quantitative estimate of drug-likeness (QED) is 0.744. The first-order chi connectivity index (χ1) is 7.18. The van der Waals surface area contributed by atoms with Crippen molar-refractivity contribution in [2.45, 2.75) is 51.5 Å². The molecule has 1 saturated carbocycles. The highest BCUT2D eigenvalue weighted by Gasteiger charge is 2.24. The number of hydrogen-bond donors (Lipinski definition) is 1. The van der Waals surface area contributed by atoms with Gasteiger partial charge in [-0.05, 0) is 43.7 Å². The summed E-state index contributed by atoms with van der Waals surface area (Å²) in [5.74, 6) is 0.596. The van der Waals surface area contributed by atoms with Crippen molar-refractivity contribution in [1.82, 2.24) is 0 Å². The van der Waals surface area contributed by atoms with E-state index in [0.717, 1.165) is 0 Å². The zero-order valence-corrected chi connectivity index (χ0v) is 9.79. The molecule has 1 aliphatic carbocycles. The molecule has 82 valence electrons. The average Bonchev–Trinajstić information content (AvgIpc) is 2.23. The summed E-state index contributed by atoms with van der Waals surface area (Å²) in [6, 6.07) is 7.11. The van der Waals surface area contributed by atoms with Crippen LogP contribution in [0.2, 0.25) is 0 Å². The van der Waals surface area contributed by atoms with Gasteiger partial charge in [-0.25, -0.2) is 0 Å². The molecule has 1 aromatic rings. The molecule has 2 unspecified atom stereocenters. The summed E-state index contributed by atoms with van der Waals surface area (Å²) in [6.07, 6.45) is 5.11. The van der Waals surface area contributed by atoms with Gasteiger partial charge in [0.2, 0.25) is 0 Å². The van der Waals surface area contributed by atoms with E-state index in [4.69, 9.17) is 5.73 Å². The molecule has 15 heavy (non-hydrogen) atoms. The van der Waals surface area contributed by atoms with Gasteiger partial charge in [0.25, 0.3) is 0 Å². The fourth-order valence-electron chi connectivity index (χ4n) is 2.71. The minimum atomic E-state index is 0.374. The van der Waals surface area contributed by atoms with Crippen molar-refractivity contribution < 1.29 is 0 Å². The Morgan fingerprint density at radius 3 is 2.60 bits per heavy atom. The molecule has 0 radical (unpaired) electrons. The molecule has 0 heterocycles. The smallest absolute Gasteiger partial charge is 0.0108 e. The third-order valence-electron chi connectivity index (χ3n) is 3.65. The van der Waals surface area contributed by atoms with Crippen molar-refractivity contribution in [3.05, 3.63) is 34.9 Å². The Hall–Kier alpha value is -0.820. The predicted molar refractivity (Wildman–Crippen MR) is 65.1 cm³/mol. The first-order valence-corrected chi connectivity index (χ1v) is 6.01. The predicted octanol–water partition coefficient (Wildman–Crippen LogP) is 3.29. The zero-order chi connectivity index (χ0) is 10.8. The molecule has 1 nitrogen and oxygen atoms in total. The van der Waals surface area contributed by atoms with Crippen molar-refractivity contribution >= 4 is 0 Å². The Balaban J connectivity index is 2.30. The molecule has 0 aliphatic heterocycles. The fraction of sp³-hybridized carbons (Fsp3) is 0.571. The molecule has 1 fully saturated rings. The Kier molecular flexibility index (Phi) is 3.11. The third-order valence-corrected chi connectivity index (χ3v) is 3.65. The molecular weight excluding hydrogens is 182 g/mol. The van der Waals surface area contributed by atoms with E-state index in [0.29, 0.717) is 12.0 Å². The first kappa shape index (κ1) is 10.7. The van der Waals surface area contributed by atoms with Gasteiger partial charge < -0.3 is 5.73 Å². The van der Waals surface area contributed by atoms with Crippen LogP contribution in [0.3, 0.4) is 0 Å². The van der Waals surface area contributed by atoms with E-state index in [2.05, 4.69) is 32.0 Å². The summed E-state index contributed by atoms with van der Waals surface area (Å²) in [6.45, 7) is 4.37. The molecule has 0 saturated heterocycles. The Morgan fingerprint density at radius 2 is 1.87 bits per heavy atom. The van der Waals surface area contributed by atoms with Crippen molar-refractivity contribution in [2.24, 2.45) is 5.73 Å². The van der Waals surface area contributed by atoms with E-state index < -0.39 is 0 Å². The van der Waals surface area contributed by atoms with Gasteiger partial charge in [-0.3, -0.25) is 0 Å². The lowest BCUT2D eigenvalue weighted by molar-refractivity contribution is 0.384. The Morgan fingerprint density at radius 1 is 1.13 bits per heavy atom. The summed E-state index contributed by atoms with van der Waals surface area (Å²) >= 11 is 0. The molecule has 2 atom stereocenters. The summed E-state index contributed by atoms with van der Waals surface area (Å²) in [7, 11) is 0. The highest BCUT2D eigenvalue weighted by Crippen LogP contribution is 2.33. The third kappa shape index (κ3) is 2.23.